The molecule has 0 spiro atoms. The SMILES string of the molecule is CC(C)NC(=O)c1csc(-c2[nH]c(CN3CCNCC3)nc2-c2ccc(F)cc2)n1. The van der Waals surface area contributed by atoms with Crippen LogP contribution in [-0.4, -0.2) is 58.0 Å². The fourth-order valence-electron chi connectivity index (χ4n) is 3.38. The van der Waals surface area contributed by atoms with Gasteiger partial charge in [-0.25, -0.2) is 14.4 Å². The van der Waals surface area contributed by atoms with Gasteiger partial charge in [0.1, 0.15) is 28.0 Å². The van der Waals surface area contributed by atoms with Gasteiger partial charge in [-0.05, 0) is 38.1 Å². The van der Waals surface area contributed by atoms with Crippen molar-refractivity contribution < 1.29 is 9.18 Å². The van der Waals surface area contributed by atoms with Crippen molar-refractivity contribution in [1.82, 2.24) is 30.5 Å². The monoisotopic (exact) mass is 428 g/mol. The van der Waals surface area contributed by atoms with Crippen LogP contribution >= 0.6 is 11.3 Å². The number of nitrogens with zero attached hydrogens (tertiary/aromatic N) is 3. The van der Waals surface area contributed by atoms with Crippen LogP contribution in [0.4, 0.5) is 4.39 Å². The molecule has 0 radical (unpaired) electrons. The normalized spacial score (nSPS) is 14.9. The Morgan fingerprint density at radius 2 is 1.97 bits per heavy atom. The third-order valence-corrected chi connectivity index (χ3v) is 5.68. The van der Waals surface area contributed by atoms with Crippen molar-refractivity contribution in [3.63, 3.8) is 0 Å². The summed E-state index contributed by atoms with van der Waals surface area (Å²) >= 11 is 1.39. The first-order chi connectivity index (χ1) is 14.5. The molecule has 0 aliphatic carbocycles. The van der Waals surface area contributed by atoms with E-state index in [2.05, 4.69) is 25.5 Å². The van der Waals surface area contributed by atoms with Crippen LogP contribution in [0.3, 0.4) is 0 Å². The van der Waals surface area contributed by atoms with E-state index in [1.165, 1.54) is 23.5 Å². The van der Waals surface area contributed by atoms with E-state index in [1.54, 1.807) is 17.5 Å². The number of aromatic nitrogens is 3. The number of thiazole rings is 1. The number of nitrogens with one attached hydrogen (secondary N) is 3. The van der Waals surface area contributed by atoms with Crippen molar-refractivity contribution in [2.45, 2.75) is 26.4 Å². The lowest BCUT2D eigenvalue weighted by Gasteiger charge is -2.26. The van der Waals surface area contributed by atoms with Gasteiger partial charge in [0, 0.05) is 43.2 Å². The lowest BCUT2D eigenvalue weighted by molar-refractivity contribution is 0.0939. The molecule has 2 aromatic heterocycles. The molecule has 1 aliphatic rings. The van der Waals surface area contributed by atoms with Gasteiger partial charge in [0.15, 0.2) is 0 Å². The lowest BCUT2D eigenvalue weighted by Crippen LogP contribution is -2.43. The minimum absolute atomic E-state index is 0.0372. The highest BCUT2D eigenvalue weighted by atomic mass is 32.1. The maximum absolute atomic E-state index is 13.4. The fraction of sp³-hybridized carbons (Fsp3) is 0.381. The number of H-pyrrole nitrogens is 1. The Morgan fingerprint density at radius 1 is 1.23 bits per heavy atom. The zero-order valence-electron chi connectivity index (χ0n) is 17.0. The maximum atomic E-state index is 13.4. The second-order valence-electron chi connectivity index (χ2n) is 7.61. The summed E-state index contributed by atoms with van der Waals surface area (Å²) in [6, 6.07) is 6.31. The van der Waals surface area contributed by atoms with Crippen LogP contribution in [-0.2, 0) is 6.54 Å². The van der Waals surface area contributed by atoms with Crippen LogP contribution in [0.25, 0.3) is 22.0 Å². The standard InChI is InChI=1S/C21H25FN6OS/c1-13(2)24-20(29)16-12-30-21(25-16)19-18(14-3-5-15(22)6-4-14)26-17(27-19)11-28-9-7-23-8-10-28/h3-6,12-13,23H,7-11H2,1-2H3,(H,24,29)(H,26,27). The third kappa shape index (κ3) is 4.75. The number of hydrogen-bond acceptors (Lipinski definition) is 6. The molecule has 0 bridgehead atoms. The molecule has 158 valence electrons. The molecule has 1 fully saturated rings. The molecule has 3 heterocycles. The van der Waals surface area contributed by atoms with Gasteiger partial charge in [0.2, 0.25) is 0 Å². The first-order valence-electron chi connectivity index (χ1n) is 10.0. The predicted octanol–water partition coefficient (Wildman–Crippen LogP) is 2.88. The van der Waals surface area contributed by atoms with Crippen molar-refractivity contribution >= 4 is 17.2 Å². The van der Waals surface area contributed by atoms with E-state index in [0.29, 0.717) is 22.9 Å². The van der Waals surface area contributed by atoms with Crippen molar-refractivity contribution in [3.05, 3.63) is 47.0 Å². The van der Waals surface area contributed by atoms with Gasteiger partial charge in [-0.1, -0.05) is 0 Å². The number of carbonyl (C=O) groups is 1. The van der Waals surface area contributed by atoms with Crippen molar-refractivity contribution in [3.8, 4) is 22.0 Å². The Hall–Kier alpha value is -2.62. The average Bonchev–Trinajstić information content (AvgIpc) is 3.36. The van der Waals surface area contributed by atoms with Gasteiger partial charge < -0.3 is 15.6 Å². The lowest BCUT2D eigenvalue weighted by atomic mass is 10.1. The number of imidazole rings is 1. The second-order valence-corrected chi connectivity index (χ2v) is 8.46. The molecule has 3 aromatic rings. The molecule has 3 N–H and O–H groups in total. The maximum Gasteiger partial charge on any atom is 0.270 e. The molecule has 30 heavy (non-hydrogen) atoms. The number of piperazine rings is 1. The zero-order valence-corrected chi connectivity index (χ0v) is 17.9. The Balaban J connectivity index is 1.67. The highest BCUT2D eigenvalue weighted by molar-refractivity contribution is 7.13. The molecule has 1 aromatic carbocycles. The summed E-state index contributed by atoms with van der Waals surface area (Å²) in [5.41, 5.74) is 2.65. The highest BCUT2D eigenvalue weighted by Crippen LogP contribution is 2.32. The Labute approximate surface area is 178 Å². The summed E-state index contributed by atoms with van der Waals surface area (Å²) < 4.78 is 13.4. The van der Waals surface area contributed by atoms with Crippen LogP contribution in [0.1, 0.15) is 30.2 Å². The van der Waals surface area contributed by atoms with E-state index in [-0.39, 0.29) is 17.8 Å². The van der Waals surface area contributed by atoms with Crippen molar-refractivity contribution in [1.29, 1.82) is 0 Å². The Bertz CT molecular complexity index is 1010. The van der Waals surface area contributed by atoms with Gasteiger partial charge >= 0.3 is 0 Å². The minimum Gasteiger partial charge on any atom is -0.349 e. The van der Waals surface area contributed by atoms with Gasteiger partial charge in [-0.3, -0.25) is 9.69 Å². The molecular weight excluding hydrogens is 403 g/mol. The summed E-state index contributed by atoms with van der Waals surface area (Å²) in [6.07, 6.45) is 0. The fourth-order valence-corrected chi connectivity index (χ4v) is 4.18. The van der Waals surface area contributed by atoms with Crippen LogP contribution in [0.5, 0.6) is 0 Å². The molecule has 0 atom stereocenters. The first-order valence-corrected chi connectivity index (χ1v) is 10.9. The van der Waals surface area contributed by atoms with Gasteiger partial charge in [0.25, 0.3) is 5.91 Å². The van der Waals surface area contributed by atoms with Crippen molar-refractivity contribution in [2.24, 2.45) is 0 Å². The molecule has 4 rings (SSSR count). The molecule has 1 saturated heterocycles. The van der Waals surface area contributed by atoms with E-state index >= 15 is 0 Å². The number of rotatable bonds is 6. The molecular formula is C21H25FN6OS. The van der Waals surface area contributed by atoms with E-state index < -0.39 is 0 Å². The molecule has 7 nitrogen and oxygen atoms in total. The van der Waals surface area contributed by atoms with E-state index in [0.717, 1.165) is 43.3 Å². The number of benzene rings is 1. The van der Waals surface area contributed by atoms with E-state index in [4.69, 9.17) is 4.98 Å². The predicted molar refractivity (Wildman–Crippen MR) is 116 cm³/mol. The Kier molecular flexibility index (Phi) is 6.21. The molecule has 1 aliphatic heterocycles. The highest BCUT2D eigenvalue weighted by Gasteiger charge is 2.21. The van der Waals surface area contributed by atoms with Crippen LogP contribution in [0, 0.1) is 5.82 Å². The van der Waals surface area contributed by atoms with Crippen LogP contribution in [0.15, 0.2) is 29.6 Å². The zero-order chi connectivity index (χ0) is 21.1. The first kappa shape index (κ1) is 20.6. The summed E-state index contributed by atoms with van der Waals surface area (Å²) in [5, 5.41) is 8.64. The number of halogens is 1. The van der Waals surface area contributed by atoms with Gasteiger partial charge in [0.05, 0.1) is 12.2 Å². The minimum atomic E-state index is -0.293. The second kappa shape index (κ2) is 9.03. The molecule has 1 amide bonds. The summed E-state index contributed by atoms with van der Waals surface area (Å²) in [5.74, 6) is 0.338. The van der Waals surface area contributed by atoms with E-state index in [1.807, 2.05) is 13.8 Å². The number of amides is 1. The smallest absolute Gasteiger partial charge is 0.270 e. The molecule has 9 heteroatoms. The van der Waals surface area contributed by atoms with Gasteiger partial charge in [-0.15, -0.1) is 11.3 Å². The Morgan fingerprint density at radius 3 is 2.67 bits per heavy atom. The number of aromatic amines is 1. The number of carbonyl (C=O) groups excluding carboxylic acids is 1. The largest absolute Gasteiger partial charge is 0.349 e. The molecule has 0 unspecified atom stereocenters. The third-order valence-electron chi connectivity index (χ3n) is 4.82. The van der Waals surface area contributed by atoms with Crippen molar-refractivity contribution in [2.75, 3.05) is 26.2 Å². The van der Waals surface area contributed by atoms with Gasteiger partial charge in [-0.2, -0.15) is 0 Å². The van der Waals surface area contributed by atoms with E-state index in [9.17, 15) is 9.18 Å². The average molecular weight is 429 g/mol. The summed E-state index contributed by atoms with van der Waals surface area (Å²) in [4.78, 5) is 27.4. The quantitative estimate of drug-likeness (QED) is 0.562. The summed E-state index contributed by atoms with van der Waals surface area (Å²) in [7, 11) is 0. The number of hydrogen-bond donors (Lipinski definition) is 3. The topological polar surface area (TPSA) is 85.9 Å². The van der Waals surface area contributed by atoms with Crippen LogP contribution in [0.2, 0.25) is 0 Å². The summed E-state index contributed by atoms with van der Waals surface area (Å²) in [6.45, 7) is 8.35. The van der Waals surface area contributed by atoms with Crippen LogP contribution < -0.4 is 10.6 Å². The molecule has 0 saturated carbocycles.